The highest BCUT2D eigenvalue weighted by Crippen LogP contribution is 2.30. The Balaban J connectivity index is 1.35. The monoisotopic (exact) mass is 328 g/mol. The normalized spacial score (nSPS) is 23.6. The van der Waals surface area contributed by atoms with E-state index in [-0.39, 0.29) is 12.1 Å². The van der Waals surface area contributed by atoms with Crippen molar-refractivity contribution >= 4 is 0 Å². The molecule has 0 bridgehead atoms. The first-order valence-corrected chi connectivity index (χ1v) is 8.64. The van der Waals surface area contributed by atoms with Crippen molar-refractivity contribution in [1.82, 2.24) is 19.9 Å². The Hall–Kier alpha value is -1.92. The summed E-state index contributed by atoms with van der Waals surface area (Å²) in [6, 6.07) is 6.48. The summed E-state index contributed by atoms with van der Waals surface area (Å²) in [5, 5.41) is 8.28. The average molecular weight is 328 g/mol. The molecule has 6 heteroatoms. The SMILES string of the molecule is Cc1cccc(OCCN2CCC3OCc4cnnn4C3C2)c1C. The molecular formula is C18H24N4O2. The van der Waals surface area contributed by atoms with Crippen LogP contribution in [0.3, 0.4) is 0 Å². The smallest absolute Gasteiger partial charge is 0.122 e. The molecule has 1 aromatic carbocycles. The standard InChI is InChI=1S/C18H24N4O2/c1-13-4-3-5-17(14(13)2)23-9-8-21-7-6-18-16(11-21)22-15(12-24-18)10-19-20-22/h3-5,10,16,18H,6-9,11-12H2,1-2H3. The van der Waals surface area contributed by atoms with Crippen LogP contribution in [0.1, 0.15) is 29.3 Å². The maximum absolute atomic E-state index is 6.00. The number of rotatable bonds is 4. The minimum Gasteiger partial charge on any atom is -0.492 e. The summed E-state index contributed by atoms with van der Waals surface area (Å²) >= 11 is 0. The fourth-order valence-electron chi connectivity index (χ4n) is 3.61. The molecule has 6 nitrogen and oxygen atoms in total. The van der Waals surface area contributed by atoms with Gasteiger partial charge in [0.05, 0.1) is 30.6 Å². The average Bonchev–Trinajstić information content (AvgIpc) is 3.08. The number of likely N-dealkylation sites (tertiary alicyclic amines) is 1. The number of nitrogens with zero attached hydrogens (tertiary/aromatic N) is 4. The molecule has 0 aliphatic carbocycles. The third kappa shape index (κ3) is 2.91. The molecule has 0 saturated carbocycles. The van der Waals surface area contributed by atoms with Crippen LogP contribution in [0.5, 0.6) is 5.75 Å². The molecule has 2 aliphatic rings. The fraction of sp³-hybridized carbons (Fsp3) is 0.556. The number of hydrogen-bond acceptors (Lipinski definition) is 5. The summed E-state index contributed by atoms with van der Waals surface area (Å²) < 4.78 is 14.0. The van der Waals surface area contributed by atoms with Crippen LogP contribution >= 0.6 is 0 Å². The predicted octanol–water partition coefficient (Wildman–Crippen LogP) is 2.12. The second kappa shape index (κ2) is 6.53. The van der Waals surface area contributed by atoms with Crippen LogP contribution in [0.4, 0.5) is 0 Å². The number of hydrogen-bond donors (Lipinski definition) is 0. The van der Waals surface area contributed by atoms with E-state index in [4.69, 9.17) is 9.47 Å². The highest BCUT2D eigenvalue weighted by Gasteiger charge is 2.36. The minimum absolute atomic E-state index is 0.260. The first-order valence-electron chi connectivity index (χ1n) is 8.64. The van der Waals surface area contributed by atoms with Gasteiger partial charge in [-0.2, -0.15) is 0 Å². The van der Waals surface area contributed by atoms with Crippen LogP contribution in [-0.4, -0.2) is 52.2 Å². The van der Waals surface area contributed by atoms with Crippen molar-refractivity contribution in [2.45, 2.75) is 39.0 Å². The Morgan fingerprint density at radius 3 is 3.17 bits per heavy atom. The number of fused-ring (bicyclic) bond motifs is 3. The lowest BCUT2D eigenvalue weighted by molar-refractivity contribution is -0.0667. The molecule has 2 unspecified atom stereocenters. The maximum atomic E-state index is 6.00. The summed E-state index contributed by atoms with van der Waals surface area (Å²) in [4.78, 5) is 2.44. The maximum Gasteiger partial charge on any atom is 0.122 e. The first kappa shape index (κ1) is 15.6. The Morgan fingerprint density at radius 2 is 2.25 bits per heavy atom. The van der Waals surface area contributed by atoms with Gasteiger partial charge in [-0.15, -0.1) is 5.10 Å². The summed E-state index contributed by atoms with van der Waals surface area (Å²) in [6.45, 7) is 8.46. The van der Waals surface area contributed by atoms with Gasteiger partial charge >= 0.3 is 0 Å². The molecule has 1 saturated heterocycles. The quantitative estimate of drug-likeness (QED) is 0.860. The third-order valence-corrected chi connectivity index (χ3v) is 5.23. The lowest BCUT2D eigenvalue weighted by Gasteiger charge is -2.40. The van der Waals surface area contributed by atoms with Crippen molar-refractivity contribution in [3.63, 3.8) is 0 Å². The molecule has 0 radical (unpaired) electrons. The van der Waals surface area contributed by atoms with Crippen molar-refractivity contribution in [3.05, 3.63) is 41.2 Å². The second-order valence-electron chi connectivity index (χ2n) is 6.72. The number of benzene rings is 1. The third-order valence-electron chi connectivity index (χ3n) is 5.23. The van der Waals surface area contributed by atoms with E-state index in [9.17, 15) is 0 Å². The van der Waals surface area contributed by atoms with E-state index in [0.717, 1.165) is 37.5 Å². The van der Waals surface area contributed by atoms with Crippen LogP contribution < -0.4 is 4.74 Å². The lowest BCUT2D eigenvalue weighted by Crippen LogP contribution is -2.48. The van der Waals surface area contributed by atoms with E-state index in [0.29, 0.717) is 13.2 Å². The van der Waals surface area contributed by atoms with E-state index in [1.54, 1.807) is 6.20 Å². The highest BCUT2D eigenvalue weighted by atomic mass is 16.5. The van der Waals surface area contributed by atoms with Gasteiger partial charge in [-0.1, -0.05) is 17.3 Å². The molecule has 128 valence electrons. The number of aromatic nitrogens is 3. The van der Waals surface area contributed by atoms with Crippen LogP contribution in [-0.2, 0) is 11.3 Å². The van der Waals surface area contributed by atoms with Gasteiger partial charge in [-0.3, -0.25) is 4.90 Å². The zero-order valence-electron chi connectivity index (χ0n) is 14.3. The number of piperidine rings is 1. The Bertz CT molecular complexity index is 715. The van der Waals surface area contributed by atoms with E-state index < -0.39 is 0 Å². The predicted molar refractivity (Wildman–Crippen MR) is 90.1 cm³/mol. The zero-order chi connectivity index (χ0) is 16.5. The Kier molecular flexibility index (Phi) is 4.24. The van der Waals surface area contributed by atoms with Crippen LogP contribution in [0.15, 0.2) is 24.4 Å². The van der Waals surface area contributed by atoms with Crippen LogP contribution in [0.2, 0.25) is 0 Å². The molecule has 3 heterocycles. The summed E-state index contributed by atoms with van der Waals surface area (Å²) in [5.74, 6) is 0.990. The molecule has 2 aliphatic heterocycles. The van der Waals surface area contributed by atoms with Gasteiger partial charge < -0.3 is 9.47 Å². The second-order valence-corrected chi connectivity index (χ2v) is 6.72. The highest BCUT2D eigenvalue weighted by molar-refractivity contribution is 5.38. The summed E-state index contributed by atoms with van der Waals surface area (Å²) in [5.41, 5.74) is 3.57. The van der Waals surface area contributed by atoms with Gasteiger partial charge in [0.25, 0.3) is 0 Å². The molecule has 2 atom stereocenters. The van der Waals surface area contributed by atoms with Gasteiger partial charge in [0.2, 0.25) is 0 Å². The topological polar surface area (TPSA) is 52.4 Å². The zero-order valence-corrected chi connectivity index (χ0v) is 14.3. The van der Waals surface area contributed by atoms with E-state index in [1.165, 1.54) is 11.1 Å². The van der Waals surface area contributed by atoms with Gasteiger partial charge in [-0.25, -0.2) is 4.68 Å². The van der Waals surface area contributed by atoms with Gasteiger partial charge in [0.15, 0.2) is 0 Å². The van der Waals surface area contributed by atoms with Crippen LogP contribution in [0, 0.1) is 13.8 Å². The van der Waals surface area contributed by atoms with Gasteiger partial charge in [-0.05, 0) is 37.5 Å². The first-order chi connectivity index (χ1) is 11.7. The molecule has 1 fully saturated rings. The molecule has 0 spiro atoms. The van der Waals surface area contributed by atoms with E-state index in [2.05, 4.69) is 41.2 Å². The molecule has 2 aromatic rings. The molecule has 4 rings (SSSR count). The van der Waals surface area contributed by atoms with Gasteiger partial charge in [0.1, 0.15) is 12.4 Å². The Labute approximate surface area is 142 Å². The molecule has 0 N–H and O–H groups in total. The fourth-order valence-corrected chi connectivity index (χ4v) is 3.61. The van der Waals surface area contributed by atoms with Crippen molar-refractivity contribution in [2.75, 3.05) is 26.2 Å². The van der Waals surface area contributed by atoms with Gasteiger partial charge in [0, 0.05) is 19.6 Å². The van der Waals surface area contributed by atoms with Crippen LogP contribution in [0.25, 0.3) is 0 Å². The molecule has 1 aromatic heterocycles. The van der Waals surface area contributed by atoms with Crippen molar-refractivity contribution < 1.29 is 9.47 Å². The number of ether oxygens (including phenoxy) is 2. The summed E-state index contributed by atoms with van der Waals surface area (Å²) in [6.07, 6.45) is 3.10. The lowest BCUT2D eigenvalue weighted by atomic mass is 10.0. The number of aryl methyl sites for hydroxylation is 1. The summed E-state index contributed by atoms with van der Waals surface area (Å²) in [7, 11) is 0. The Morgan fingerprint density at radius 1 is 1.33 bits per heavy atom. The van der Waals surface area contributed by atoms with E-state index in [1.807, 2.05) is 10.7 Å². The van der Waals surface area contributed by atoms with Crippen molar-refractivity contribution in [1.29, 1.82) is 0 Å². The van der Waals surface area contributed by atoms with Crippen molar-refractivity contribution in [3.8, 4) is 5.75 Å². The van der Waals surface area contributed by atoms with Crippen molar-refractivity contribution in [2.24, 2.45) is 0 Å². The van der Waals surface area contributed by atoms with E-state index >= 15 is 0 Å². The molecular weight excluding hydrogens is 304 g/mol. The largest absolute Gasteiger partial charge is 0.492 e. The minimum atomic E-state index is 0.260. The molecule has 24 heavy (non-hydrogen) atoms. The molecule has 0 amide bonds.